The maximum Gasteiger partial charge on any atom is 0.408 e. The molecule has 0 aliphatic carbocycles. The zero-order chi connectivity index (χ0) is 29.9. The number of carbonyl (C=O) groups is 1. The van der Waals surface area contributed by atoms with Gasteiger partial charge in [0, 0.05) is 9.86 Å². The maximum atomic E-state index is 12.8. The van der Waals surface area contributed by atoms with Crippen LogP contribution >= 0.6 is 15.9 Å². The first kappa shape index (κ1) is 29.6. The van der Waals surface area contributed by atoms with Crippen LogP contribution in [-0.4, -0.2) is 21.7 Å². The van der Waals surface area contributed by atoms with E-state index in [-0.39, 0.29) is 12.5 Å². The third kappa shape index (κ3) is 6.77. The van der Waals surface area contributed by atoms with E-state index in [0.29, 0.717) is 24.0 Å². The lowest BCUT2D eigenvalue weighted by atomic mass is 10.0. The molecule has 218 valence electrons. The highest BCUT2D eigenvalue weighted by Crippen LogP contribution is 2.43. The molecule has 2 aromatic heterocycles. The van der Waals surface area contributed by atoms with Gasteiger partial charge in [-0.15, -0.1) is 0 Å². The quantitative estimate of drug-likeness (QED) is 0.170. The minimum Gasteiger partial charge on any atom is -0.444 e. The van der Waals surface area contributed by atoms with Crippen LogP contribution in [0.4, 0.5) is 4.79 Å². The molecule has 7 nitrogen and oxygen atoms in total. The van der Waals surface area contributed by atoms with E-state index in [1.807, 2.05) is 95.3 Å². The minimum absolute atomic E-state index is 0.0205. The number of rotatable bonds is 9. The molecule has 5 aromatic rings. The van der Waals surface area contributed by atoms with Gasteiger partial charge in [0.25, 0.3) is 0 Å². The van der Waals surface area contributed by atoms with Gasteiger partial charge in [0.15, 0.2) is 5.76 Å². The number of oxazole rings is 1. The van der Waals surface area contributed by atoms with Gasteiger partial charge in [0.1, 0.15) is 17.3 Å². The van der Waals surface area contributed by atoms with E-state index in [0.717, 1.165) is 37.8 Å². The molecular weight excluding hydrogens is 594 g/mol. The van der Waals surface area contributed by atoms with Crippen molar-refractivity contribution in [2.75, 3.05) is 0 Å². The Kier molecular flexibility index (Phi) is 8.85. The summed E-state index contributed by atoms with van der Waals surface area (Å²) in [5, 5.41) is 3.96. The first-order valence-electron chi connectivity index (χ1n) is 14.1. The highest BCUT2D eigenvalue weighted by atomic mass is 79.9. The van der Waals surface area contributed by atoms with Crippen LogP contribution in [0.5, 0.6) is 0 Å². The fraction of sp³-hybridized carbons (Fsp3) is 0.294. The van der Waals surface area contributed by atoms with Gasteiger partial charge in [-0.2, -0.15) is 0 Å². The van der Waals surface area contributed by atoms with Gasteiger partial charge in [-0.25, -0.2) is 9.78 Å². The third-order valence-corrected chi connectivity index (χ3v) is 7.40. The van der Waals surface area contributed by atoms with Gasteiger partial charge in [0.2, 0.25) is 5.89 Å². The molecule has 0 aliphatic heterocycles. The second-order valence-corrected chi connectivity index (χ2v) is 12.4. The molecule has 0 unspecified atom stereocenters. The van der Waals surface area contributed by atoms with Crippen LogP contribution in [0.2, 0.25) is 0 Å². The molecule has 0 saturated carbocycles. The number of nitrogens with zero attached hydrogens (tertiary/aromatic N) is 1. The molecule has 0 bridgehead atoms. The van der Waals surface area contributed by atoms with Gasteiger partial charge in [-0.1, -0.05) is 86.6 Å². The second-order valence-electron chi connectivity index (χ2n) is 11.6. The molecule has 2 heterocycles. The van der Waals surface area contributed by atoms with Crippen molar-refractivity contribution in [2.45, 2.75) is 59.5 Å². The number of nitrogens with one attached hydrogen (secondary N) is 2. The molecule has 0 spiro atoms. The van der Waals surface area contributed by atoms with E-state index in [4.69, 9.17) is 18.9 Å². The molecule has 0 fully saturated rings. The first-order valence-corrected chi connectivity index (χ1v) is 14.9. The van der Waals surface area contributed by atoms with Crippen molar-refractivity contribution in [2.24, 2.45) is 5.92 Å². The SMILES string of the molecule is CC(C)[C@H](NC(=O)OC(C)(C)C)c1nc(COCc2ccccc2)c(-c2c(-c3ccccc3)[nH]c3c(Br)cccc23)o1. The second kappa shape index (κ2) is 12.5. The molecule has 2 N–H and O–H groups in total. The molecule has 0 radical (unpaired) electrons. The predicted octanol–water partition coefficient (Wildman–Crippen LogP) is 9.19. The molecule has 42 heavy (non-hydrogen) atoms. The van der Waals surface area contributed by atoms with Gasteiger partial charge < -0.3 is 24.2 Å². The number of hydrogen-bond donors (Lipinski definition) is 2. The highest BCUT2D eigenvalue weighted by Gasteiger charge is 2.30. The lowest BCUT2D eigenvalue weighted by molar-refractivity contribution is 0.0479. The molecule has 3 aromatic carbocycles. The van der Waals surface area contributed by atoms with Gasteiger partial charge in [-0.05, 0) is 59.8 Å². The number of para-hydroxylation sites is 1. The van der Waals surface area contributed by atoms with Crippen LogP contribution in [0.3, 0.4) is 0 Å². The molecule has 1 atom stereocenters. The molecule has 8 heteroatoms. The number of fused-ring (bicyclic) bond motifs is 1. The fourth-order valence-electron chi connectivity index (χ4n) is 4.82. The monoisotopic (exact) mass is 629 g/mol. The Morgan fingerprint density at radius 3 is 2.33 bits per heavy atom. The van der Waals surface area contributed by atoms with Crippen molar-refractivity contribution in [3.63, 3.8) is 0 Å². The van der Waals surface area contributed by atoms with Crippen LogP contribution in [0.15, 0.2) is 87.8 Å². The Morgan fingerprint density at radius 1 is 0.976 bits per heavy atom. The highest BCUT2D eigenvalue weighted by molar-refractivity contribution is 9.10. The average Bonchev–Trinajstić information content (AvgIpc) is 3.54. The summed E-state index contributed by atoms with van der Waals surface area (Å²) < 4.78 is 19.3. The number of H-pyrrole nitrogens is 1. The Bertz CT molecular complexity index is 1650. The lowest BCUT2D eigenvalue weighted by Crippen LogP contribution is -2.37. The van der Waals surface area contributed by atoms with Crippen molar-refractivity contribution in [1.82, 2.24) is 15.3 Å². The summed E-state index contributed by atoms with van der Waals surface area (Å²) in [6, 6.07) is 25.7. The summed E-state index contributed by atoms with van der Waals surface area (Å²) in [5.41, 5.74) is 4.84. The summed E-state index contributed by atoms with van der Waals surface area (Å²) in [7, 11) is 0. The van der Waals surface area contributed by atoms with E-state index in [9.17, 15) is 4.79 Å². The predicted molar refractivity (Wildman–Crippen MR) is 169 cm³/mol. The van der Waals surface area contributed by atoms with E-state index in [1.54, 1.807) is 0 Å². The van der Waals surface area contributed by atoms with E-state index in [1.165, 1.54) is 0 Å². The largest absolute Gasteiger partial charge is 0.444 e. The minimum atomic E-state index is -0.633. The number of carbonyl (C=O) groups excluding carboxylic acids is 1. The van der Waals surface area contributed by atoms with E-state index < -0.39 is 17.7 Å². The van der Waals surface area contributed by atoms with Crippen molar-refractivity contribution in [3.05, 3.63) is 100 Å². The summed E-state index contributed by atoms with van der Waals surface area (Å²) in [6.07, 6.45) is -0.524. The summed E-state index contributed by atoms with van der Waals surface area (Å²) in [4.78, 5) is 21.4. The smallest absolute Gasteiger partial charge is 0.408 e. The molecule has 0 aliphatic rings. The summed E-state index contributed by atoms with van der Waals surface area (Å²) >= 11 is 3.71. The van der Waals surface area contributed by atoms with E-state index in [2.05, 4.69) is 44.4 Å². The third-order valence-electron chi connectivity index (χ3n) is 6.74. The average molecular weight is 631 g/mol. The van der Waals surface area contributed by atoms with Gasteiger partial charge in [0.05, 0.1) is 30.0 Å². The Morgan fingerprint density at radius 2 is 1.67 bits per heavy atom. The molecule has 0 saturated heterocycles. The number of aromatic amines is 1. The standard InChI is InChI=1S/C34H36BrN3O4/c1-21(2)28(38-33(39)42-34(3,4)5)32-36-26(20-40-19-22-13-8-6-9-14-22)31(41-32)27-24-17-12-18-25(35)30(24)37-29(27)23-15-10-7-11-16-23/h6-18,21,28,37H,19-20H2,1-5H3,(H,38,39)/t28-/m0/s1. The van der Waals surface area contributed by atoms with Crippen LogP contribution in [0, 0.1) is 5.92 Å². The van der Waals surface area contributed by atoms with Crippen LogP contribution < -0.4 is 5.32 Å². The Hall–Kier alpha value is -3.88. The van der Waals surface area contributed by atoms with Gasteiger partial charge in [-0.3, -0.25) is 0 Å². The lowest BCUT2D eigenvalue weighted by Gasteiger charge is -2.24. The van der Waals surface area contributed by atoms with Crippen LogP contribution in [0.1, 0.15) is 57.8 Å². The van der Waals surface area contributed by atoms with Crippen LogP contribution in [-0.2, 0) is 22.7 Å². The zero-order valence-electron chi connectivity index (χ0n) is 24.5. The van der Waals surface area contributed by atoms with Crippen molar-refractivity contribution >= 4 is 32.9 Å². The number of aromatic nitrogens is 2. The number of halogens is 1. The maximum absolute atomic E-state index is 12.8. The summed E-state index contributed by atoms with van der Waals surface area (Å²) in [6.45, 7) is 10.2. The normalized spacial score (nSPS) is 12.5. The van der Waals surface area contributed by atoms with Crippen molar-refractivity contribution < 1.29 is 18.7 Å². The molecular formula is C34H36BrN3O4. The fourth-order valence-corrected chi connectivity index (χ4v) is 5.29. The number of hydrogen-bond acceptors (Lipinski definition) is 5. The number of alkyl carbamates (subject to hydrolysis) is 1. The van der Waals surface area contributed by atoms with Gasteiger partial charge >= 0.3 is 6.09 Å². The van der Waals surface area contributed by atoms with Crippen molar-refractivity contribution in [1.29, 1.82) is 0 Å². The number of benzene rings is 3. The number of amides is 1. The number of ether oxygens (including phenoxy) is 2. The summed E-state index contributed by atoms with van der Waals surface area (Å²) in [5.74, 6) is 0.971. The van der Waals surface area contributed by atoms with Crippen molar-refractivity contribution in [3.8, 4) is 22.6 Å². The Balaban J connectivity index is 1.62. The molecule has 1 amide bonds. The van der Waals surface area contributed by atoms with Crippen LogP contribution in [0.25, 0.3) is 33.5 Å². The topological polar surface area (TPSA) is 89.4 Å². The first-order chi connectivity index (χ1) is 20.1. The zero-order valence-corrected chi connectivity index (χ0v) is 26.1. The Labute approximate surface area is 254 Å². The van der Waals surface area contributed by atoms with E-state index >= 15 is 0 Å². The molecule has 5 rings (SSSR count).